The summed E-state index contributed by atoms with van der Waals surface area (Å²) < 4.78 is 16.5. The predicted octanol–water partition coefficient (Wildman–Crippen LogP) is 3.90. The number of benzene rings is 1. The topological polar surface area (TPSA) is 68.2 Å². The molecule has 0 saturated carbocycles. The van der Waals surface area contributed by atoms with Gasteiger partial charge in [-0.25, -0.2) is 0 Å². The van der Waals surface area contributed by atoms with Crippen molar-refractivity contribution in [3.05, 3.63) is 29.3 Å². The molecule has 154 valence electrons. The van der Waals surface area contributed by atoms with Gasteiger partial charge < -0.3 is 24.2 Å². The van der Waals surface area contributed by atoms with Crippen LogP contribution in [-0.2, 0) is 4.79 Å². The average molecular weight is 389 g/mol. The summed E-state index contributed by atoms with van der Waals surface area (Å²) >= 11 is 0. The number of hydrogen-bond acceptors (Lipinski definition) is 5. The number of carboxylic acid groups (broad SMARTS) is 1. The second-order valence-electron chi connectivity index (χ2n) is 8.85. The SMILES string of the molecule is COc1cc(C2CN(C)C(CC(C)(C)C=C(C)C)C2C(=O)O)cc2c1OCO2. The molecular weight excluding hydrogens is 358 g/mol. The van der Waals surface area contributed by atoms with E-state index in [2.05, 4.69) is 38.7 Å². The molecule has 0 aromatic heterocycles. The van der Waals surface area contributed by atoms with E-state index in [0.717, 1.165) is 12.0 Å². The van der Waals surface area contributed by atoms with Crippen molar-refractivity contribution in [2.75, 3.05) is 27.5 Å². The van der Waals surface area contributed by atoms with Gasteiger partial charge in [0.25, 0.3) is 0 Å². The smallest absolute Gasteiger partial charge is 0.308 e. The normalized spacial score (nSPS) is 24.3. The zero-order valence-corrected chi connectivity index (χ0v) is 17.6. The van der Waals surface area contributed by atoms with Crippen molar-refractivity contribution in [3.8, 4) is 17.2 Å². The van der Waals surface area contributed by atoms with Crippen LogP contribution in [-0.4, -0.2) is 49.5 Å². The van der Waals surface area contributed by atoms with Crippen molar-refractivity contribution < 1.29 is 24.1 Å². The molecule has 0 radical (unpaired) electrons. The molecule has 2 aliphatic heterocycles. The Bertz CT molecular complexity index is 781. The van der Waals surface area contributed by atoms with Crippen molar-refractivity contribution in [2.45, 2.75) is 46.1 Å². The molecule has 2 heterocycles. The Labute approximate surface area is 167 Å². The lowest BCUT2D eigenvalue weighted by molar-refractivity contribution is -0.143. The molecule has 1 aromatic carbocycles. The fraction of sp³-hybridized carbons (Fsp3) is 0.591. The summed E-state index contributed by atoms with van der Waals surface area (Å²) in [5.74, 6) is 0.396. The van der Waals surface area contributed by atoms with Crippen molar-refractivity contribution >= 4 is 5.97 Å². The number of nitrogens with zero attached hydrogens (tertiary/aromatic N) is 1. The number of rotatable bonds is 6. The summed E-state index contributed by atoms with van der Waals surface area (Å²) in [5.41, 5.74) is 2.09. The molecule has 1 aromatic rings. The standard InChI is InChI=1S/C22H31NO5/c1-13(2)9-22(3,4)10-16-19(21(24)25)15(11-23(16)5)14-7-17(26-6)20-18(8-14)27-12-28-20/h7-9,15-16,19H,10-12H2,1-6H3,(H,24,25). The summed E-state index contributed by atoms with van der Waals surface area (Å²) in [6.45, 7) is 9.33. The molecule has 1 saturated heterocycles. The first-order valence-corrected chi connectivity index (χ1v) is 9.69. The van der Waals surface area contributed by atoms with Gasteiger partial charge >= 0.3 is 5.97 Å². The molecule has 0 aliphatic carbocycles. The number of allylic oxidation sites excluding steroid dienone is 2. The zero-order valence-electron chi connectivity index (χ0n) is 17.6. The summed E-state index contributed by atoms with van der Waals surface area (Å²) in [6, 6.07) is 3.75. The number of methoxy groups -OCH3 is 1. The first-order valence-electron chi connectivity index (χ1n) is 9.69. The molecule has 3 atom stereocenters. The Kier molecular flexibility index (Phi) is 5.62. The number of likely N-dealkylation sites (N-methyl/N-ethyl adjacent to an activating group) is 1. The fourth-order valence-corrected chi connectivity index (χ4v) is 4.78. The molecule has 0 amide bonds. The number of likely N-dealkylation sites (tertiary alicyclic amines) is 1. The van der Waals surface area contributed by atoms with Gasteiger partial charge in [0.1, 0.15) is 0 Å². The maximum Gasteiger partial charge on any atom is 0.308 e. The lowest BCUT2D eigenvalue weighted by atomic mass is 9.77. The molecule has 6 heteroatoms. The second kappa shape index (κ2) is 7.66. The zero-order chi connectivity index (χ0) is 20.6. The third-order valence-electron chi connectivity index (χ3n) is 5.71. The molecular formula is C22H31NO5. The number of carbonyl (C=O) groups is 1. The summed E-state index contributed by atoms with van der Waals surface area (Å²) in [7, 11) is 3.60. The van der Waals surface area contributed by atoms with Crippen LogP contribution in [0.3, 0.4) is 0 Å². The van der Waals surface area contributed by atoms with Gasteiger partial charge in [-0.15, -0.1) is 0 Å². The van der Waals surface area contributed by atoms with Crippen LogP contribution in [0.5, 0.6) is 17.2 Å². The monoisotopic (exact) mass is 389 g/mol. The summed E-state index contributed by atoms with van der Waals surface area (Å²) in [6.07, 6.45) is 3.01. The van der Waals surface area contributed by atoms with Crippen LogP contribution in [0, 0.1) is 11.3 Å². The van der Waals surface area contributed by atoms with Crippen LogP contribution in [0.4, 0.5) is 0 Å². The van der Waals surface area contributed by atoms with Crippen LogP contribution in [0.1, 0.15) is 45.6 Å². The van der Waals surface area contributed by atoms with Gasteiger partial charge in [0, 0.05) is 18.5 Å². The van der Waals surface area contributed by atoms with Crippen molar-refractivity contribution in [3.63, 3.8) is 0 Å². The highest BCUT2D eigenvalue weighted by Crippen LogP contribution is 2.47. The third-order valence-corrected chi connectivity index (χ3v) is 5.71. The van der Waals surface area contributed by atoms with Gasteiger partial charge in [0.05, 0.1) is 13.0 Å². The van der Waals surface area contributed by atoms with E-state index < -0.39 is 11.9 Å². The molecule has 3 unspecified atom stereocenters. The number of hydrogen-bond donors (Lipinski definition) is 1. The summed E-state index contributed by atoms with van der Waals surface area (Å²) in [5, 5.41) is 10.1. The molecule has 0 bridgehead atoms. The minimum Gasteiger partial charge on any atom is -0.493 e. The molecule has 3 rings (SSSR count). The van der Waals surface area contributed by atoms with Crippen LogP contribution in [0.2, 0.25) is 0 Å². The maximum atomic E-state index is 12.3. The van der Waals surface area contributed by atoms with Gasteiger partial charge in [-0.05, 0) is 50.4 Å². The van der Waals surface area contributed by atoms with Crippen LogP contribution >= 0.6 is 0 Å². The quantitative estimate of drug-likeness (QED) is 0.744. The van der Waals surface area contributed by atoms with E-state index in [9.17, 15) is 9.90 Å². The van der Waals surface area contributed by atoms with Crippen LogP contribution in [0.15, 0.2) is 23.8 Å². The molecule has 6 nitrogen and oxygen atoms in total. The van der Waals surface area contributed by atoms with E-state index in [1.54, 1.807) is 7.11 Å². The minimum atomic E-state index is -0.760. The Morgan fingerprint density at radius 3 is 2.68 bits per heavy atom. The molecule has 2 aliphatic rings. The van der Waals surface area contributed by atoms with Gasteiger partial charge in [-0.2, -0.15) is 0 Å². The van der Waals surface area contributed by atoms with Crippen molar-refractivity contribution in [1.29, 1.82) is 0 Å². The van der Waals surface area contributed by atoms with E-state index in [-0.39, 0.29) is 24.2 Å². The lowest BCUT2D eigenvalue weighted by Crippen LogP contribution is -2.37. The number of ether oxygens (including phenoxy) is 3. The number of carboxylic acids is 1. The molecule has 0 spiro atoms. The lowest BCUT2D eigenvalue weighted by Gasteiger charge is -2.31. The summed E-state index contributed by atoms with van der Waals surface area (Å²) in [4.78, 5) is 14.5. The second-order valence-corrected chi connectivity index (χ2v) is 8.85. The third kappa shape index (κ3) is 3.97. The average Bonchev–Trinajstić information content (AvgIpc) is 3.17. The highest BCUT2D eigenvalue weighted by Gasteiger charge is 2.47. The van der Waals surface area contributed by atoms with Gasteiger partial charge in [0.15, 0.2) is 11.5 Å². The Balaban J connectivity index is 1.95. The Morgan fingerprint density at radius 1 is 1.36 bits per heavy atom. The van der Waals surface area contributed by atoms with E-state index >= 15 is 0 Å². The highest BCUT2D eigenvalue weighted by atomic mass is 16.7. The van der Waals surface area contributed by atoms with Crippen molar-refractivity contribution in [1.82, 2.24) is 4.90 Å². The highest BCUT2D eigenvalue weighted by molar-refractivity contribution is 5.73. The van der Waals surface area contributed by atoms with E-state index in [0.29, 0.717) is 23.8 Å². The minimum absolute atomic E-state index is 0.0514. The van der Waals surface area contributed by atoms with E-state index in [1.807, 2.05) is 19.2 Å². The molecule has 28 heavy (non-hydrogen) atoms. The number of aliphatic carboxylic acids is 1. The molecule has 1 fully saturated rings. The Morgan fingerprint density at radius 2 is 2.07 bits per heavy atom. The van der Waals surface area contributed by atoms with Gasteiger partial charge in [-0.1, -0.05) is 25.5 Å². The first kappa shape index (κ1) is 20.5. The largest absolute Gasteiger partial charge is 0.493 e. The maximum absolute atomic E-state index is 12.3. The predicted molar refractivity (Wildman–Crippen MR) is 107 cm³/mol. The van der Waals surface area contributed by atoms with Gasteiger partial charge in [0.2, 0.25) is 12.5 Å². The Hall–Kier alpha value is -2.21. The van der Waals surface area contributed by atoms with E-state index in [4.69, 9.17) is 14.2 Å². The van der Waals surface area contributed by atoms with Gasteiger partial charge in [-0.3, -0.25) is 4.79 Å². The van der Waals surface area contributed by atoms with Crippen LogP contribution in [0.25, 0.3) is 0 Å². The van der Waals surface area contributed by atoms with Crippen LogP contribution < -0.4 is 14.2 Å². The van der Waals surface area contributed by atoms with Crippen molar-refractivity contribution in [2.24, 2.45) is 11.3 Å². The number of fused-ring (bicyclic) bond motifs is 1. The molecule has 1 N–H and O–H groups in total. The van der Waals surface area contributed by atoms with E-state index in [1.165, 1.54) is 5.57 Å². The first-order chi connectivity index (χ1) is 13.1. The fourth-order valence-electron chi connectivity index (χ4n) is 4.78.